The lowest BCUT2D eigenvalue weighted by atomic mass is 10.1. The number of methoxy groups -OCH3 is 1. The van der Waals surface area contributed by atoms with E-state index in [-0.39, 0.29) is 12.1 Å². The van der Waals surface area contributed by atoms with Crippen LogP contribution >= 0.6 is 0 Å². The van der Waals surface area contributed by atoms with Crippen LogP contribution in [0.2, 0.25) is 0 Å². The van der Waals surface area contributed by atoms with Crippen LogP contribution < -0.4 is 5.73 Å². The van der Waals surface area contributed by atoms with E-state index in [4.69, 9.17) is 15.2 Å². The van der Waals surface area contributed by atoms with Crippen LogP contribution in [-0.2, 0) is 14.3 Å². The minimum Gasteiger partial charge on any atom is -0.459 e. The van der Waals surface area contributed by atoms with Crippen LogP contribution in [0.15, 0.2) is 0 Å². The van der Waals surface area contributed by atoms with Crippen LogP contribution in [0.25, 0.3) is 0 Å². The predicted octanol–water partition coefficient (Wildman–Crippen LogP) is 1.01. The Morgan fingerprint density at radius 2 is 1.94 bits per heavy atom. The van der Waals surface area contributed by atoms with Gasteiger partial charge in [-0.15, -0.1) is 0 Å². The highest BCUT2D eigenvalue weighted by Crippen LogP contribution is 2.09. The molecule has 2 atom stereocenters. The number of nitrogens with zero attached hydrogens (tertiary/aromatic N) is 1. The summed E-state index contributed by atoms with van der Waals surface area (Å²) in [5.41, 5.74) is 5.32. The summed E-state index contributed by atoms with van der Waals surface area (Å²) < 4.78 is 10.4. The van der Waals surface area contributed by atoms with Crippen LogP contribution in [0.1, 0.15) is 34.1 Å². The van der Waals surface area contributed by atoms with Crippen LogP contribution in [0.4, 0.5) is 0 Å². The molecule has 0 aliphatic carbocycles. The average Bonchev–Trinajstić information content (AvgIpc) is 2.23. The average molecular weight is 260 g/mol. The van der Waals surface area contributed by atoms with E-state index < -0.39 is 11.6 Å². The lowest BCUT2D eigenvalue weighted by Crippen LogP contribution is -2.40. The second-order valence-electron chi connectivity index (χ2n) is 5.74. The molecule has 0 fully saturated rings. The quantitative estimate of drug-likeness (QED) is 0.692. The van der Waals surface area contributed by atoms with Crippen molar-refractivity contribution in [1.29, 1.82) is 0 Å². The minimum absolute atomic E-state index is 0.174. The molecule has 0 heterocycles. The van der Waals surface area contributed by atoms with Crippen molar-refractivity contribution < 1.29 is 14.3 Å². The molecule has 0 bridgehead atoms. The number of likely N-dealkylation sites (N-methyl/N-ethyl adjacent to an activating group) is 1. The van der Waals surface area contributed by atoms with Gasteiger partial charge in [-0.2, -0.15) is 0 Å². The van der Waals surface area contributed by atoms with Crippen molar-refractivity contribution >= 4 is 5.97 Å². The molecule has 2 N–H and O–H groups in total. The van der Waals surface area contributed by atoms with E-state index in [1.807, 2.05) is 34.7 Å². The van der Waals surface area contributed by atoms with Gasteiger partial charge in [0, 0.05) is 13.7 Å². The summed E-state index contributed by atoms with van der Waals surface area (Å²) in [5.74, 6) is -0.337. The first-order valence-electron chi connectivity index (χ1n) is 6.35. The largest absolute Gasteiger partial charge is 0.459 e. The maximum atomic E-state index is 11.7. The zero-order valence-electron chi connectivity index (χ0n) is 12.5. The summed E-state index contributed by atoms with van der Waals surface area (Å²) in [4.78, 5) is 13.8. The Hall–Kier alpha value is -0.650. The molecule has 18 heavy (non-hydrogen) atoms. The van der Waals surface area contributed by atoms with Crippen LogP contribution in [-0.4, -0.2) is 55.9 Å². The lowest BCUT2D eigenvalue weighted by molar-refractivity contribution is -0.156. The fraction of sp³-hybridized carbons (Fsp3) is 0.923. The summed E-state index contributed by atoms with van der Waals surface area (Å²) in [5, 5.41) is 0. The molecule has 0 aromatic heterocycles. The van der Waals surface area contributed by atoms with Gasteiger partial charge in [-0.05, 0) is 47.7 Å². The van der Waals surface area contributed by atoms with Gasteiger partial charge in [-0.1, -0.05) is 0 Å². The Morgan fingerprint density at radius 1 is 1.39 bits per heavy atom. The molecular weight excluding hydrogens is 232 g/mol. The van der Waals surface area contributed by atoms with E-state index in [1.54, 1.807) is 7.11 Å². The number of hydrogen-bond acceptors (Lipinski definition) is 5. The predicted molar refractivity (Wildman–Crippen MR) is 72.4 cm³/mol. The number of ether oxygens (including phenoxy) is 2. The molecule has 5 heteroatoms. The van der Waals surface area contributed by atoms with Gasteiger partial charge in [0.05, 0.1) is 6.10 Å². The van der Waals surface area contributed by atoms with Gasteiger partial charge in [-0.25, -0.2) is 0 Å². The van der Waals surface area contributed by atoms with Crippen molar-refractivity contribution in [2.75, 3.05) is 27.2 Å². The highest BCUT2D eigenvalue weighted by molar-refractivity contribution is 5.75. The van der Waals surface area contributed by atoms with Gasteiger partial charge in [0.1, 0.15) is 11.6 Å². The first-order chi connectivity index (χ1) is 8.15. The monoisotopic (exact) mass is 260 g/mol. The standard InChI is InChI=1S/C13H28N2O3/c1-10(17-6)9-15(5)8-7-11(14)12(16)18-13(2,3)4/h10-11H,7-9,14H2,1-6H3/t10-,11+/m1/s1. The zero-order chi connectivity index (χ0) is 14.3. The van der Waals surface area contributed by atoms with Crippen molar-refractivity contribution in [2.24, 2.45) is 5.73 Å². The number of carbonyl (C=O) groups excluding carboxylic acids is 1. The Labute approximate surface area is 111 Å². The second kappa shape index (κ2) is 7.71. The van der Waals surface area contributed by atoms with Crippen molar-refractivity contribution in [2.45, 2.75) is 51.9 Å². The lowest BCUT2D eigenvalue weighted by Gasteiger charge is -2.24. The van der Waals surface area contributed by atoms with Gasteiger partial charge in [0.25, 0.3) is 0 Å². The molecule has 0 saturated carbocycles. The number of carbonyl (C=O) groups is 1. The van der Waals surface area contributed by atoms with Gasteiger partial charge < -0.3 is 20.1 Å². The third-order valence-electron chi connectivity index (χ3n) is 2.50. The molecule has 0 saturated heterocycles. The van der Waals surface area contributed by atoms with Crippen molar-refractivity contribution in [3.05, 3.63) is 0 Å². The fourth-order valence-electron chi connectivity index (χ4n) is 1.46. The number of hydrogen-bond donors (Lipinski definition) is 1. The molecule has 0 unspecified atom stereocenters. The van der Waals surface area contributed by atoms with Crippen LogP contribution in [0.5, 0.6) is 0 Å². The second-order valence-corrected chi connectivity index (χ2v) is 5.74. The Morgan fingerprint density at radius 3 is 2.39 bits per heavy atom. The number of esters is 1. The number of rotatable bonds is 7. The highest BCUT2D eigenvalue weighted by atomic mass is 16.6. The van der Waals surface area contributed by atoms with Gasteiger partial charge >= 0.3 is 5.97 Å². The first-order valence-corrected chi connectivity index (χ1v) is 6.35. The Bertz CT molecular complexity index is 251. The third-order valence-corrected chi connectivity index (χ3v) is 2.50. The highest BCUT2D eigenvalue weighted by Gasteiger charge is 2.22. The van der Waals surface area contributed by atoms with Crippen molar-refractivity contribution in [1.82, 2.24) is 4.90 Å². The Kier molecular flexibility index (Phi) is 7.43. The minimum atomic E-state index is -0.565. The fourth-order valence-corrected chi connectivity index (χ4v) is 1.46. The molecule has 108 valence electrons. The maximum Gasteiger partial charge on any atom is 0.323 e. The molecular formula is C13H28N2O3. The molecule has 0 aliphatic heterocycles. The van der Waals surface area contributed by atoms with E-state index in [0.29, 0.717) is 6.42 Å². The molecule has 5 nitrogen and oxygen atoms in total. The van der Waals surface area contributed by atoms with E-state index in [9.17, 15) is 4.79 Å². The molecule has 0 amide bonds. The zero-order valence-corrected chi connectivity index (χ0v) is 12.5. The van der Waals surface area contributed by atoms with Gasteiger partial charge in [0.2, 0.25) is 0 Å². The summed E-state index contributed by atoms with van der Waals surface area (Å²) >= 11 is 0. The smallest absolute Gasteiger partial charge is 0.323 e. The third kappa shape index (κ3) is 8.44. The van der Waals surface area contributed by atoms with Crippen LogP contribution in [0.3, 0.4) is 0 Å². The maximum absolute atomic E-state index is 11.7. The SMILES string of the molecule is CO[C@H](C)CN(C)CC[C@H](N)C(=O)OC(C)(C)C. The first kappa shape index (κ1) is 17.4. The summed E-state index contributed by atoms with van der Waals surface area (Å²) in [6.45, 7) is 9.08. The molecule has 0 aromatic rings. The molecule has 0 rings (SSSR count). The van der Waals surface area contributed by atoms with E-state index >= 15 is 0 Å². The molecule has 0 aliphatic rings. The molecule has 0 aromatic carbocycles. The van der Waals surface area contributed by atoms with E-state index in [2.05, 4.69) is 4.90 Å². The molecule has 0 spiro atoms. The van der Waals surface area contributed by atoms with Crippen molar-refractivity contribution in [3.8, 4) is 0 Å². The molecule has 0 radical (unpaired) electrons. The number of nitrogens with two attached hydrogens (primary N) is 1. The van der Waals surface area contributed by atoms with Gasteiger partial charge in [-0.3, -0.25) is 4.79 Å². The van der Waals surface area contributed by atoms with E-state index in [1.165, 1.54) is 0 Å². The van der Waals surface area contributed by atoms with Gasteiger partial charge in [0.15, 0.2) is 0 Å². The summed E-state index contributed by atoms with van der Waals surface area (Å²) in [6, 6.07) is -0.565. The van der Waals surface area contributed by atoms with E-state index in [0.717, 1.165) is 13.1 Å². The summed E-state index contributed by atoms with van der Waals surface area (Å²) in [7, 11) is 3.67. The Balaban J connectivity index is 3.95. The topological polar surface area (TPSA) is 64.8 Å². The van der Waals surface area contributed by atoms with Crippen molar-refractivity contribution in [3.63, 3.8) is 0 Å². The van der Waals surface area contributed by atoms with Crippen LogP contribution in [0, 0.1) is 0 Å². The summed E-state index contributed by atoms with van der Waals surface area (Å²) in [6.07, 6.45) is 0.759. The normalized spacial score (nSPS) is 15.6.